The fourth-order valence-electron chi connectivity index (χ4n) is 1.39. The molecule has 0 aliphatic heterocycles. The minimum atomic E-state index is -0.760. The molecule has 0 spiro atoms. The summed E-state index contributed by atoms with van der Waals surface area (Å²) in [5.41, 5.74) is 7.64. The number of nitrogens with two attached hydrogens (primary N) is 1. The molecule has 0 bridgehead atoms. The minimum absolute atomic E-state index is 0.112. The molecule has 0 saturated carbocycles. The van der Waals surface area contributed by atoms with Gasteiger partial charge in [0.2, 0.25) is 0 Å². The number of carbonyl (C=O) groups is 2. The number of benzene rings is 1. The van der Waals surface area contributed by atoms with Crippen LogP contribution in [0, 0.1) is 0 Å². The van der Waals surface area contributed by atoms with Crippen molar-refractivity contribution in [3.8, 4) is 11.5 Å². The number of primary amides is 1. The molecular weight excluding hydrogens is 356 g/mol. The second kappa shape index (κ2) is 8.23. The topological polar surface area (TPSA) is 106 Å². The van der Waals surface area contributed by atoms with Gasteiger partial charge in [0.1, 0.15) is 0 Å². The lowest BCUT2D eigenvalue weighted by atomic mass is 10.2. The number of hydrogen-bond acceptors (Lipinski definition) is 5. The maximum Gasteiger partial charge on any atom is 0.332 e. The third-order valence-corrected chi connectivity index (χ3v) is 3.07. The molecule has 22 heavy (non-hydrogen) atoms. The van der Waals surface area contributed by atoms with Crippen molar-refractivity contribution in [1.29, 1.82) is 0 Å². The van der Waals surface area contributed by atoms with Gasteiger partial charge in [0.05, 0.1) is 17.8 Å². The Morgan fingerprint density at radius 3 is 2.68 bits per heavy atom. The zero-order valence-corrected chi connectivity index (χ0v) is 14.0. The van der Waals surface area contributed by atoms with Gasteiger partial charge < -0.3 is 20.1 Å². The van der Waals surface area contributed by atoms with Crippen LogP contribution in [0.15, 0.2) is 21.7 Å². The van der Waals surface area contributed by atoms with E-state index in [-0.39, 0.29) is 12.5 Å². The van der Waals surface area contributed by atoms with Crippen molar-refractivity contribution in [3.05, 3.63) is 22.2 Å². The van der Waals surface area contributed by atoms with Crippen LogP contribution in [0.3, 0.4) is 0 Å². The van der Waals surface area contributed by atoms with Crippen LogP contribution in [0.5, 0.6) is 11.5 Å². The third kappa shape index (κ3) is 5.24. The Balaban J connectivity index is 2.93. The summed E-state index contributed by atoms with van der Waals surface area (Å²) in [6.45, 7) is -0.112. The Bertz CT molecular complexity index is 590. The molecule has 0 unspecified atom stereocenters. The van der Waals surface area contributed by atoms with Gasteiger partial charge in [-0.25, -0.2) is 10.2 Å². The molecule has 8 nitrogen and oxygen atoms in total. The molecule has 3 amide bonds. The zero-order chi connectivity index (χ0) is 16.7. The summed E-state index contributed by atoms with van der Waals surface area (Å²) >= 11 is 3.34. The summed E-state index contributed by atoms with van der Waals surface area (Å²) in [6.07, 6.45) is 1.40. The van der Waals surface area contributed by atoms with Gasteiger partial charge in [-0.1, -0.05) is 0 Å². The number of rotatable bonds is 6. The van der Waals surface area contributed by atoms with E-state index in [0.717, 1.165) is 0 Å². The standard InChI is InChI=1S/C13H17BrN4O4/c1-18(2)11(19)7-22-12-9(14)4-8(5-10(12)21-3)6-16-17-13(15)20/h4-6H,7H2,1-3H3,(H3,15,17,20)/b16-6-. The highest BCUT2D eigenvalue weighted by atomic mass is 79.9. The Morgan fingerprint density at radius 2 is 2.14 bits per heavy atom. The highest BCUT2D eigenvalue weighted by molar-refractivity contribution is 9.10. The van der Waals surface area contributed by atoms with Gasteiger partial charge in [0.15, 0.2) is 18.1 Å². The average molecular weight is 373 g/mol. The predicted molar refractivity (Wildman–Crippen MR) is 85.2 cm³/mol. The van der Waals surface area contributed by atoms with E-state index in [1.54, 1.807) is 26.2 Å². The fraction of sp³-hybridized carbons (Fsp3) is 0.308. The van der Waals surface area contributed by atoms with E-state index in [2.05, 4.69) is 26.5 Å². The predicted octanol–water partition coefficient (Wildman–Crippen LogP) is 0.927. The molecule has 1 aromatic rings. The molecule has 1 aromatic carbocycles. The number of hydrogen-bond donors (Lipinski definition) is 2. The van der Waals surface area contributed by atoms with Crippen molar-refractivity contribution < 1.29 is 19.1 Å². The smallest absolute Gasteiger partial charge is 0.332 e. The van der Waals surface area contributed by atoms with Crippen molar-refractivity contribution in [2.75, 3.05) is 27.8 Å². The van der Waals surface area contributed by atoms with Gasteiger partial charge in [0.25, 0.3) is 5.91 Å². The maximum atomic E-state index is 11.6. The summed E-state index contributed by atoms with van der Waals surface area (Å²) in [5.74, 6) is 0.643. The Kier molecular flexibility index (Phi) is 6.64. The zero-order valence-electron chi connectivity index (χ0n) is 12.4. The number of amides is 3. The van der Waals surface area contributed by atoms with E-state index in [1.165, 1.54) is 18.2 Å². The number of ether oxygens (including phenoxy) is 2. The Labute approximate surface area is 136 Å². The highest BCUT2D eigenvalue weighted by Gasteiger charge is 2.13. The van der Waals surface area contributed by atoms with Crippen molar-refractivity contribution in [2.45, 2.75) is 0 Å². The summed E-state index contributed by atoms with van der Waals surface area (Å²) in [6, 6.07) is 2.58. The van der Waals surface area contributed by atoms with E-state index < -0.39 is 6.03 Å². The fourth-order valence-corrected chi connectivity index (χ4v) is 1.96. The summed E-state index contributed by atoms with van der Waals surface area (Å²) < 4.78 is 11.3. The molecule has 3 N–H and O–H groups in total. The van der Waals surface area contributed by atoms with E-state index in [0.29, 0.717) is 21.5 Å². The van der Waals surface area contributed by atoms with Gasteiger partial charge in [-0.05, 0) is 33.6 Å². The first-order chi connectivity index (χ1) is 10.3. The lowest BCUT2D eigenvalue weighted by Crippen LogP contribution is -2.27. The number of urea groups is 1. The van der Waals surface area contributed by atoms with E-state index in [4.69, 9.17) is 15.2 Å². The van der Waals surface area contributed by atoms with Crippen molar-refractivity contribution >= 4 is 34.1 Å². The minimum Gasteiger partial charge on any atom is -0.493 e. The number of nitrogens with zero attached hydrogens (tertiary/aromatic N) is 2. The third-order valence-electron chi connectivity index (χ3n) is 2.48. The molecule has 9 heteroatoms. The molecule has 0 atom stereocenters. The molecule has 0 aliphatic carbocycles. The van der Waals surface area contributed by atoms with Crippen LogP contribution in [0.4, 0.5) is 4.79 Å². The monoisotopic (exact) mass is 372 g/mol. The van der Waals surface area contributed by atoms with Crippen LogP contribution in [0.2, 0.25) is 0 Å². The average Bonchev–Trinajstić information content (AvgIpc) is 2.44. The molecule has 0 aliphatic rings. The first kappa shape index (κ1) is 17.8. The van der Waals surface area contributed by atoms with Crippen LogP contribution in [0.25, 0.3) is 0 Å². The molecule has 0 aromatic heterocycles. The van der Waals surface area contributed by atoms with Gasteiger partial charge in [-0.3, -0.25) is 4.79 Å². The van der Waals surface area contributed by atoms with E-state index in [1.807, 2.05) is 0 Å². The lowest BCUT2D eigenvalue weighted by molar-refractivity contribution is -0.130. The number of methoxy groups -OCH3 is 1. The van der Waals surface area contributed by atoms with Crippen molar-refractivity contribution in [2.24, 2.45) is 10.8 Å². The number of hydrazone groups is 1. The van der Waals surface area contributed by atoms with Gasteiger partial charge in [-0.15, -0.1) is 0 Å². The van der Waals surface area contributed by atoms with Crippen LogP contribution in [-0.2, 0) is 4.79 Å². The molecule has 0 radical (unpaired) electrons. The van der Waals surface area contributed by atoms with Crippen molar-refractivity contribution in [3.63, 3.8) is 0 Å². The van der Waals surface area contributed by atoms with Crippen LogP contribution in [0.1, 0.15) is 5.56 Å². The Hall–Kier alpha value is -2.29. The summed E-state index contributed by atoms with van der Waals surface area (Å²) in [7, 11) is 4.76. The summed E-state index contributed by atoms with van der Waals surface area (Å²) in [5, 5.41) is 3.66. The quantitative estimate of drug-likeness (QED) is 0.571. The molecule has 0 saturated heterocycles. The normalized spacial score (nSPS) is 10.4. The first-order valence-corrected chi connectivity index (χ1v) is 6.93. The van der Waals surface area contributed by atoms with Crippen molar-refractivity contribution in [1.82, 2.24) is 10.3 Å². The molecular formula is C13H17BrN4O4. The second-order valence-corrected chi connectivity index (χ2v) is 5.20. The van der Waals surface area contributed by atoms with Crippen LogP contribution < -0.4 is 20.6 Å². The SMILES string of the molecule is COc1cc(/C=N\NC(N)=O)cc(Br)c1OCC(=O)N(C)C. The van der Waals surface area contributed by atoms with E-state index >= 15 is 0 Å². The molecule has 1 rings (SSSR count). The molecule has 120 valence electrons. The number of nitrogens with one attached hydrogen (secondary N) is 1. The lowest BCUT2D eigenvalue weighted by Gasteiger charge is -2.15. The summed E-state index contributed by atoms with van der Waals surface area (Å²) in [4.78, 5) is 23.5. The molecule has 0 fully saturated rings. The first-order valence-electron chi connectivity index (χ1n) is 6.14. The van der Waals surface area contributed by atoms with Gasteiger partial charge in [-0.2, -0.15) is 5.10 Å². The number of halogens is 1. The van der Waals surface area contributed by atoms with Crippen LogP contribution >= 0.6 is 15.9 Å². The van der Waals surface area contributed by atoms with Gasteiger partial charge in [0, 0.05) is 14.1 Å². The van der Waals surface area contributed by atoms with E-state index in [9.17, 15) is 9.59 Å². The number of carbonyl (C=O) groups excluding carboxylic acids is 2. The maximum absolute atomic E-state index is 11.6. The number of likely N-dealkylation sites (N-methyl/N-ethyl adjacent to an activating group) is 1. The largest absolute Gasteiger partial charge is 0.493 e. The van der Waals surface area contributed by atoms with Crippen LogP contribution in [-0.4, -0.2) is 50.9 Å². The molecule has 0 heterocycles. The van der Waals surface area contributed by atoms with Gasteiger partial charge >= 0.3 is 6.03 Å². The highest BCUT2D eigenvalue weighted by Crippen LogP contribution is 2.36. The Morgan fingerprint density at radius 1 is 1.45 bits per heavy atom. The second-order valence-electron chi connectivity index (χ2n) is 4.35.